The maximum absolute atomic E-state index is 14.4. The molecule has 160 valence electrons. The van der Waals surface area contributed by atoms with E-state index in [1.807, 2.05) is 0 Å². The molecule has 8 heteroatoms. The van der Waals surface area contributed by atoms with Crippen molar-refractivity contribution in [2.45, 2.75) is 37.5 Å². The molecule has 1 saturated carbocycles. The van der Waals surface area contributed by atoms with Crippen molar-refractivity contribution < 1.29 is 22.8 Å². The summed E-state index contributed by atoms with van der Waals surface area (Å²) in [4.78, 5) is 24.4. The summed E-state index contributed by atoms with van der Waals surface area (Å²) in [5.41, 5.74) is -0.594. The lowest BCUT2D eigenvalue weighted by Gasteiger charge is -2.30. The standard InChI is InChI=1S/C22H22BrF3N2O2/c23-16-7-6-14(24)12-15(16)21(30)27-11-8-19(29)28-13-22(9-1-2-10-22)20-17(25)4-3-5-18(20)26/h3-7,12H,1-2,8-11,13H2,(H,27,30)(H,28,29). The zero-order valence-electron chi connectivity index (χ0n) is 16.2. The van der Waals surface area contributed by atoms with Crippen LogP contribution in [-0.4, -0.2) is 24.9 Å². The van der Waals surface area contributed by atoms with Gasteiger partial charge in [0.25, 0.3) is 5.91 Å². The molecule has 0 spiro atoms. The van der Waals surface area contributed by atoms with Gasteiger partial charge in [-0.25, -0.2) is 13.2 Å². The van der Waals surface area contributed by atoms with Gasteiger partial charge in [-0.05, 0) is 59.1 Å². The summed E-state index contributed by atoms with van der Waals surface area (Å²) in [5, 5.41) is 5.33. The van der Waals surface area contributed by atoms with Crippen LogP contribution in [0.2, 0.25) is 0 Å². The molecule has 4 nitrogen and oxygen atoms in total. The minimum absolute atomic E-state index is 0.00545. The average molecular weight is 483 g/mol. The molecule has 0 unspecified atom stereocenters. The van der Waals surface area contributed by atoms with Gasteiger partial charge < -0.3 is 10.6 Å². The van der Waals surface area contributed by atoms with E-state index in [9.17, 15) is 22.8 Å². The third kappa shape index (κ3) is 5.03. The Labute approximate surface area is 181 Å². The second-order valence-corrected chi connectivity index (χ2v) is 8.35. The van der Waals surface area contributed by atoms with Crippen LogP contribution in [0, 0.1) is 17.5 Å². The molecular weight excluding hydrogens is 461 g/mol. The van der Waals surface area contributed by atoms with Crippen LogP contribution >= 0.6 is 15.9 Å². The van der Waals surface area contributed by atoms with E-state index in [0.29, 0.717) is 17.3 Å². The Hall–Kier alpha value is -2.35. The molecule has 0 saturated heterocycles. The van der Waals surface area contributed by atoms with Gasteiger partial charge in [0.15, 0.2) is 0 Å². The van der Waals surface area contributed by atoms with Crippen LogP contribution in [0.3, 0.4) is 0 Å². The molecule has 2 aromatic carbocycles. The van der Waals surface area contributed by atoms with Crippen molar-refractivity contribution >= 4 is 27.7 Å². The van der Waals surface area contributed by atoms with Crippen LogP contribution in [0.5, 0.6) is 0 Å². The van der Waals surface area contributed by atoms with Gasteiger partial charge in [0.2, 0.25) is 5.91 Å². The molecule has 0 radical (unpaired) electrons. The Morgan fingerprint density at radius 1 is 1.00 bits per heavy atom. The lowest BCUT2D eigenvalue weighted by atomic mass is 9.78. The first-order valence-corrected chi connectivity index (χ1v) is 10.6. The molecule has 1 aliphatic rings. The average Bonchev–Trinajstić information content (AvgIpc) is 3.17. The zero-order chi connectivity index (χ0) is 21.7. The highest BCUT2D eigenvalue weighted by molar-refractivity contribution is 9.10. The minimum atomic E-state index is -0.763. The second-order valence-electron chi connectivity index (χ2n) is 7.49. The predicted octanol–water partition coefficient (Wildman–Crippen LogP) is 4.61. The molecule has 3 rings (SSSR count). The first kappa shape index (κ1) is 22.3. The van der Waals surface area contributed by atoms with Gasteiger partial charge in [0.1, 0.15) is 17.5 Å². The molecule has 0 heterocycles. The maximum Gasteiger partial charge on any atom is 0.252 e. The van der Waals surface area contributed by atoms with Crippen molar-refractivity contribution in [2.75, 3.05) is 13.1 Å². The Morgan fingerprint density at radius 3 is 2.33 bits per heavy atom. The van der Waals surface area contributed by atoms with Gasteiger partial charge in [0, 0.05) is 35.0 Å². The number of benzene rings is 2. The molecule has 1 fully saturated rings. The van der Waals surface area contributed by atoms with Gasteiger partial charge in [-0.1, -0.05) is 18.9 Å². The molecule has 30 heavy (non-hydrogen) atoms. The van der Waals surface area contributed by atoms with Crippen LogP contribution in [0.1, 0.15) is 48.0 Å². The van der Waals surface area contributed by atoms with Crippen molar-refractivity contribution in [3.05, 3.63) is 69.4 Å². The summed E-state index contributed by atoms with van der Waals surface area (Å²) < 4.78 is 42.5. The molecule has 0 bridgehead atoms. The van der Waals surface area contributed by atoms with Crippen molar-refractivity contribution in [1.29, 1.82) is 0 Å². The van der Waals surface area contributed by atoms with Gasteiger partial charge >= 0.3 is 0 Å². The number of hydrogen-bond acceptors (Lipinski definition) is 2. The number of carbonyl (C=O) groups excluding carboxylic acids is 2. The predicted molar refractivity (Wildman–Crippen MR) is 111 cm³/mol. The summed E-state index contributed by atoms with van der Waals surface area (Å²) in [7, 11) is 0. The quantitative estimate of drug-likeness (QED) is 0.605. The highest BCUT2D eigenvalue weighted by Gasteiger charge is 2.40. The summed E-state index contributed by atoms with van der Waals surface area (Å²) in [5.74, 6) is -2.58. The molecule has 2 N–H and O–H groups in total. The van der Waals surface area contributed by atoms with Gasteiger partial charge in [-0.2, -0.15) is 0 Å². The first-order chi connectivity index (χ1) is 14.3. The minimum Gasteiger partial charge on any atom is -0.355 e. The molecule has 2 amide bonds. The van der Waals surface area contributed by atoms with Crippen LogP contribution in [0.25, 0.3) is 0 Å². The first-order valence-electron chi connectivity index (χ1n) is 9.77. The second kappa shape index (κ2) is 9.64. The largest absolute Gasteiger partial charge is 0.355 e. The van der Waals surface area contributed by atoms with E-state index in [1.54, 1.807) is 0 Å². The van der Waals surface area contributed by atoms with E-state index < -0.39 is 28.8 Å². The highest BCUT2D eigenvalue weighted by atomic mass is 79.9. The van der Waals surface area contributed by atoms with E-state index in [2.05, 4.69) is 26.6 Å². The molecular formula is C22H22BrF3N2O2. The topological polar surface area (TPSA) is 58.2 Å². The number of rotatable bonds is 7. The third-order valence-electron chi connectivity index (χ3n) is 5.49. The SMILES string of the molecule is O=C(CCNC(=O)c1cc(F)ccc1Br)NCC1(c2c(F)cccc2F)CCCC1. The number of amides is 2. The van der Waals surface area contributed by atoms with E-state index in [1.165, 1.54) is 30.3 Å². The van der Waals surface area contributed by atoms with Crippen molar-refractivity contribution in [3.8, 4) is 0 Å². The molecule has 2 aromatic rings. The lowest BCUT2D eigenvalue weighted by molar-refractivity contribution is -0.121. The van der Waals surface area contributed by atoms with Crippen molar-refractivity contribution in [3.63, 3.8) is 0 Å². The Kier molecular flexibility index (Phi) is 7.18. The summed E-state index contributed by atoms with van der Waals surface area (Å²) in [6.07, 6.45) is 2.85. The maximum atomic E-state index is 14.4. The van der Waals surface area contributed by atoms with Gasteiger partial charge in [-0.3, -0.25) is 9.59 Å². The van der Waals surface area contributed by atoms with Crippen molar-refractivity contribution in [1.82, 2.24) is 10.6 Å². The fourth-order valence-corrected chi connectivity index (χ4v) is 4.41. The zero-order valence-corrected chi connectivity index (χ0v) is 17.8. The fourth-order valence-electron chi connectivity index (χ4n) is 3.98. The van der Waals surface area contributed by atoms with Crippen LogP contribution in [0.15, 0.2) is 40.9 Å². The summed E-state index contributed by atoms with van der Waals surface area (Å²) in [6, 6.07) is 7.56. The number of hydrogen-bond donors (Lipinski definition) is 2. The number of nitrogens with one attached hydrogen (secondary N) is 2. The Balaban J connectivity index is 1.56. The van der Waals surface area contributed by atoms with E-state index in [0.717, 1.165) is 18.9 Å². The third-order valence-corrected chi connectivity index (χ3v) is 6.18. The van der Waals surface area contributed by atoms with Crippen LogP contribution < -0.4 is 10.6 Å². The lowest BCUT2D eigenvalue weighted by Crippen LogP contribution is -2.41. The normalized spacial score (nSPS) is 15.1. The monoisotopic (exact) mass is 482 g/mol. The smallest absolute Gasteiger partial charge is 0.252 e. The summed E-state index contributed by atoms with van der Waals surface area (Å²) in [6.45, 7) is 0.182. The van der Waals surface area contributed by atoms with Crippen LogP contribution in [0.4, 0.5) is 13.2 Å². The number of halogens is 4. The fraction of sp³-hybridized carbons (Fsp3) is 0.364. The molecule has 0 aromatic heterocycles. The number of carbonyl (C=O) groups is 2. The Bertz CT molecular complexity index is 926. The van der Waals surface area contributed by atoms with E-state index >= 15 is 0 Å². The highest BCUT2D eigenvalue weighted by Crippen LogP contribution is 2.42. The van der Waals surface area contributed by atoms with Gasteiger partial charge in [-0.15, -0.1) is 0 Å². The van der Waals surface area contributed by atoms with Gasteiger partial charge in [0.05, 0.1) is 5.56 Å². The molecule has 0 aliphatic heterocycles. The molecule has 0 atom stereocenters. The van der Waals surface area contributed by atoms with E-state index in [-0.39, 0.29) is 36.5 Å². The van der Waals surface area contributed by atoms with Crippen molar-refractivity contribution in [2.24, 2.45) is 0 Å². The summed E-state index contributed by atoms with van der Waals surface area (Å²) >= 11 is 3.19. The molecule has 1 aliphatic carbocycles. The van der Waals surface area contributed by atoms with E-state index in [4.69, 9.17) is 0 Å². The van der Waals surface area contributed by atoms with Crippen LogP contribution in [-0.2, 0) is 10.2 Å². The Morgan fingerprint density at radius 2 is 1.67 bits per heavy atom.